The number of para-hydroxylation sites is 1. The van der Waals surface area contributed by atoms with Gasteiger partial charge >= 0.3 is 0 Å². The van der Waals surface area contributed by atoms with Gasteiger partial charge in [-0.05, 0) is 43.9 Å². The molecule has 0 bridgehead atoms. The second-order valence-electron chi connectivity index (χ2n) is 7.05. The first-order valence-corrected chi connectivity index (χ1v) is 10.3. The van der Waals surface area contributed by atoms with Crippen molar-refractivity contribution in [1.82, 2.24) is 5.32 Å². The van der Waals surface area contributed by atoms with E-state index in [0.29, 0.717) is 5.92 Å². The molecule has 1 aliphatic carbocycles. The average Bonchev–Trinajstić information content (AvgIpc) is 2.66. The lowest BCUT2D eigenvalue weighted by Crippen LogP contribution is -2.19. The zero-order valence-electron chi connectivity index (χ0n) is 16.6. The number of nitrogens with one attached hydrogen (secondary N) is 1. The molecule has 0 heterocycles. The van der Waals surface area contributed by atoms with Crippen LogP contribution in [-0.2, 0) is 6.42 Å². The quantitative estimate of drug-likeness (QED) is 0.475. The predicted octanol–water partition coefficient (Wildman–Crippen LogP) is 5.93. The summed E-state index contributed by atoms with van der Waals surface area (Å²) in [6.45, 7) is 8.52. The van der Waals surface area contributed by atoms with Crippen molar-refractivity contribution in [2.45, 2.75) is 52.4 Å². The van der Waals surface area contributed by atoms with Gasteiger partial charge in [-0.1, -0.05) is 55.8 Å². The molecule has 1 aromatic carbocycles. The van der Waals surface area contributed by atoms with Crippen LogP contribution in [-0.4, -0.2) is 19.2 Å². The summed E-state index contributed by atoms with van der Waals surface area (Å²) in [5, 5.41) is 5.93. The Morgan fingerprint density at radius 3 is 2.54 bits per heavy atom. The van der Waals surface area contributed by atoms with E-state index in [0.717, 1.165) is 28.5 Å². The van der Waals surface area contributed by atoms with Crippen molar-refractivity contribution < 1.29 is 4.74 Å². The molecule has 26 heavy (non-hydrogen) atoms. The van der Waals surface area contributed by atoms with E-state index in [4.69, 9.17) is 4.74 Å². The number of ether oxygens (including phenoxy) is 1. The Morgan fingerprint density at radius 1 is 1.23 bits per heavy atom. The molecule has 142 valence electrons. The Morgan fingerprint density at radius 2 is 1.92 bits per heavy atom. The monoisotopic (exact) mass is 372 g/mol. The number of benzene rings is 1. The summed E-state index contributed by atoms with van der Waals surface area (Å²) in [6.07, 6.45) is 7.27. The van der Waals surface area contributed by atoms with Crippen molar-refractivity contribution in [3.63, 3.8) is 0 Å². The Bertz CT molecular complexity index is 668. The highest BCUT2D eigenvalue weighted by molar-refractivity contribution is 8.17. The first kappa shape index (κ1) is 20.6. The molecular formula is C22H32N2OS. The van der Waals surface area contributed by atoms with Gasteiger partial charge in [-0.15, -0.1) is 0 Å². The first-order valence-electron chi connectivity index (χ1n) is 9.43. The molecule has 0 radical (unpaired) electrons. The van der Waals surface area contributed by atoms with Gasteiger partial charge in [0.25, 0.3) is 0 Å². The molecule has 0 atom stereocenters. The zero-order valence-corrected chi connectivity index (χ0v) is 17.4. The van der Waals surface area contributed by atoms with Crippen molar-refractivity contribution in [2.24, 2.45) is 10.9 Å². The van der Waals surface area contributed by atoms with Crippen LogP contribution >= 0.6 is 11.8 Å². The van der Waals surface area contributed by atoms with Gasteiger partial charge in [0.2, 0.25) is 0 Å². The number of rotatable bonds is 7. The number of methoxy groups -OCH3 is 1. The maximum Gasteiger partial charge on any atom is 0.122 e. The van der Waals surface area contributed by atoms with E-state index >= 15 is 0 Å². The fourth-order valence-corrected chi connectivity index (χ4v) is 4.40. The van der Waals surface area contributed by atoms with Crippen molar-refractivity contribution in [2.75, 3.05) is 14.2 Å². The summed E-state index contributed by atoms with van der Waals surface area (Å²) in [5.41, 5.74) is 3.37. The van der Waals surface area contributed by atoms with Crippen molar-refractivity contribution in [3.8, 4) is 5.75 Å². The Kier molecular flexibility index (Phi) is 8.30. The van der Waals surface area contributed by atoms with Gasteiger partial charge < -0.3 is 10.1 Å². The number of hydrogen-bond acceptors (Lipinski definition) is 4. The number of allylic oxidation sites excluding steroid dienone is 2. The summed E-state index contributed by atoms with van der Waals surface area (Å²) >= 11 is 1.78. The summed E-state index contributed by atoms with van der Waals surface area (Å²) in [6, 6.07) is 8.10. The molecule has 3 nitrogen and oxygen atoms in total. The highest BCUT2D eigenvalue weighted by Gasteiger charge is 2.21. The lowest BCUT2D eigenvalue weighted by atomic mass is 9.90. The molecule has 1 saturated carbocycles. The molecule has 1 aliphatic rings. The molecule has 0 saturated heterocycles. The standard InChI is InChI=1S/C22H32N2OS/c1-16(2)21(26-22(23-4)18-11-7-6-8-12-18)24-17(3)15-19-13-9-10-14-20(19)25-5/h9-10,13-14,18,24H,3,6-8,11-12,15H2,1-2,4-5H3/b23-22-. The highest BCUT2D eigenvalue weighted by atomic mass is 32.2. The van der Waals surface area contributed by atoms with Gasteiger partial charge in [-0.3, -0.25) is 4.99 Å². The molecule has 0 aromatic heterocycles. The van der Waals surface area contributed by atoms with Crippen LogP contribution in [0.3, 0.4) is 0 Å². The SMILES string of the molecule is C=C(Cc1ccccc1OC)NC(S/C(=N\C)C1CCCCC1)=C(C)C. The normalized spacial score (nSPS) is 15.5. The van der Waals surface area contributed by atoms with E-state index in [-0.39, 0.29) is 0 Å². The Hall–Kier alpha value is -1.68. The molecule has 0 aliphatic heterocycles. The van der Waals surface area contributed by atoms with Crippen LogP contribution in [0.1, 0.15) is 51.5 Å². The van der Waals surface area contributed by atoms with Gasteiger partial charge in [-0.25, -0.2) is 0 Å². The summed E-state index contributed by atoms with van der Waals surface area (Å²) in [7, 11) is 3.63. The van der Waals surface area contributed by atoms with E-state index in [2.05, 4.69) is 36.8 Å². The van der Waals surface area contributed by atoms with Crippen LogP contribution in [0.2, 0.25) is 0 Å². The maximum atomic E-state index is 5.45. The average molecular weight is 373 g/mol. The number of thioether (sulfide) groups is 1. The molecule has 1 fully saturated rings. The third-order valence-corrected chi connectivity index (χ3v) is 6.16. The molecule has 2 rings (SSSR count). The minimum absolute atomic E-state index is 0.609. The van der Waals surface area contributed by atoms with Gasteiger partial charge in [0.15, 0.2) is 0 Å². The third kappa shape index (κ3) is 5.94. The van der Waals surface area contributed by atoms with Crippen molar-refractivity contribution in [1.29, 1.82) is 0 Å². The summed E-state index contributed by atoms with van der Waals surface area (Å²) in [4.78, 5) is 4.61. The molecule has 0 amide bonds. The molecular weight excluding hydrogens is 340 g/mol. The van der Waals surface area contributed by atoms with Crippen LogP contribution in [0, 0.1) is 5.92 Å². The van der Waals surface area contributed by atoms with E-state index in [1.54, 1.807) is 18.9 Å². The van der Waals surface area contributed by atoms with Crippen molar-refractivity contribution >= 4 is 16.8 Å². The van der Waals surface area contributed by atoms with Crippen LogP contribution in [0.5, 0.6) is 5.75 Å². The lowest BCUT2D eigenvalue weighted by Gasteiger charge is -2.24. The van der Waals surface area contributed by atoms with Gasteiger partial charge in [0.1, 0.15) is 5.75 Å². The number of nitrogens with zero attached hydrogens (tertiary/aromatic N) is 1. The molecule has 0 spiro atoms. The summed E-state index contributed by atoms with van der Waals surface area (Å²) < 4.78 is 5.45. The third-order valence-electron chi connectivity index (χ3n) is 4.72. The van der Waals surface area contributed by atoms with E-state index < -0.39 is 0 Å². The zero-order chi connectivity index (χ0) is 18.9. The maximum absolute atomic E-state index is 5.45. The van der Waals surface area contributed by atoms with E-state index in [9.17, 15) is 0 Å². The highest BCUT2D eigenvalue weighted by Crippen LogP contribution is 2.32. The fraction of sp³-hybridized carbons (Fsp3) is 0.500. The lowest BCUT2D eigenvalue weighted by molar-refractivity contribution is 0.410. The minimum Gasteiger partial charge on any atom is -0.496 e. The van der Waals surface area contributed by atoms with E-state index in [1.165, 1.54) is 42.7 Å². The Balaban J connectivity index is 2.03. The first-order chi connectivity index (χ1) is 12.5. The number of hydrogen-bond donors (Lipinski definition) is 1. The van der Waals surface area contributed by atoms with Gasteiger partial charge in [0.05, 0.1) is 17.2 Å². The van der Waals surface area contributed by atoms with Gasteiger partial charge in [0, 0.05) is 25.1 Å². The second kappa shape index (κ2) is 10.5. The van der Waals surface area contributed by atoms with E-state index in [1.807, 2.05) is 25.2 Å². The smallest absolute Gasteiger partial charge is 0.122 e. The van der Waals surface area contributed by atoms with Crippen LogP contribution in [0.4, 0.5) is 0 Å². The van der Waals surface area contributed by atoms with Crippen LogP contribution in [0.25, 0.3) is 0 Å². The van der Waals surface area contributed by atoms with Gasteiger partial charge in [-0.2, -0.15) is 0 Å². The summed E-state index contributed by atoms with van der Waals surface area (Å²) in [5.74, 6) is 1.51. The molecule has 1 aromatic rings. The fourth-order valence-electron chi connectivity index (χ4n) is 3.30. The largest absolute Gasteiger partial charge is 0.496 e. The second-order valence-corrected chi connectivity index (χ2v) is 8.08. The topological polar surface area (TPSA) is 33.6 Å². The Labute approximate surface area is 163 Å². The molecule has 1 N–H and O–H groups in total. The molecule has 4 heteroatoms. The predicted molar refractivity (Wildman–Crippen MR) is 115 cm³/mol. The van der Waals surface area contributed by atoms with Crippen LogP contribution in [0.15, 0.2) is 52.1 Å². The number of aliphatic imine (C=N–C) groups is 1. The molecule has 0 unspecified atom stereocenters. The van der Waals surface area contributed by atoms with Crippen LogP contribution < -0.4 is 10.1 Å². The minimum atomic E-state index is 0.609. The van der Waals surface area contributed by atoms with Crippen molar-refractivity contribution in [3.05, 3.63) is 52.7 Å².